The van der Waals surface area contributed by atoms with Gasteiger partial charge in [-0.2, -0.15) is 0 Å². The molecule has 10 nitrogen and oxygen atoms in total. The average Bonchev–Trinajstić information content (AvgIpc) is 3.26. The number of benzene rings is 2. The van der Waals surface area contributed by atoms with Crippen LogP contribution in [0.3, 0.4) is 0 Å². The number of aliphatic imine (C=N–C) groups is 1. The SMILES string of the molecule is CCOC(=O)CS(=O)(=O)N(C/C=C/c1cccc(C(=N)N)c1)c1ccc(OC2CCN(C3=NCCCCC3)CC2)cc1. The number of nitrogen functional groups attached to an aromatic ring is 1. The summed E-state index contributed by atoms with van der Waals surface area (Å²) >= 11 is 0. The Bertz CT molecular complexity index is 1380. The van der Waals surface area contributed by atoms with Gasteiger partial charge in [0, 0.05) is 44.5 Å². The van der Waals surface area contributed by atoms with Crippen molar-refractivity contribution in [3.8, 4) is 5.75 Å². The van der Waals surface area contributed by atoms with E-state index in [1.54, 1.807) is 61.5 Å². The number of sulfonamides is 1. The van der Waals surface area contributed by atoms with Crippen LogP contribution in [0.5, 0.6) is 5.75 Å². The highest BCUT2D eigenvalue weighted by Crippen LogP contribution is 2.26. The largest absolute Gasteiger partial charge is 0.490 e. The van der Waals surface area contributed by atoms with Crippen LogP contribution in [0.15, 0.2) is 59.6 Å². The Morgan fingerprint density at radius 1 is 1.14 bits per heavy atom. The molecular weight excluding hydrogens is 554 g/mol. The van der Waals surface area contributed by atoms with Crippen LogP contribution in [0, 0.1) is 5.41 Å². The molecule has 2 aromatic carbocycles. The average molecular weight is 596 g/mol. The highest BCUT2D eigenvalue weighted by molar-refractivity contribution is 7.93. The van der Waals surface area contributed by atoms with Crippen molar-refractivity contribution in [1.82, 2.24) is 4.90 Å². The Hall–Kier alpha value is -3.86. The summed E-state index contributed by atoms with van der Waals surface area (Å²) in [6.45, 7) is 4.49. The number of ether oxygens (including phenoxy) is 2. The van der Waals surface area contributed by atoms with E-state index in [1.807, 2.05) is 6.07 Å². The van der Waals surface area contributed by atoms with Gasteiger partial charge in [-0.15, -0.1) is 0 Å². The van der Waals surface area contributed by atoms with Crippen molar-refractivity contribution in [1.29, 1.82) is 5.41 Å². The zero-order valence-corrected chi connectivity index (χ0v) is 25.0. The molecule has 11 heteroatoms. The van der Waals surface area contributed by atoms with Gasteiger partial charge in [0.1, 0.15) is 17.7 Å². The lowest BCUT2D eigenvalue weighted by Gasteiger charge is -2.34. The smallest absolute Gasteiger partial charge is 0.323 e. The molecule has 0 spiro atoms. The van der Waals surface area contributed by atoms with Crippen molar-refractivity contribution >= 4 is 39.4 Å². The fourth-order valence-electron chi connectivity index (χ4n) is 5.14. The molecule has 0 radical (unpaired) electrons. The van der Waals surface area contributed by atoms with E-state index in [0.717, 1.165) is 44.5 Å². The molecular formula is C31H41N5O5S. The summed E-state index contributed by atoms with van der Waals surface area (Å²) in [7, 11) is -4.04. The maximum absolute atomic E-state index is 13.3. The summed E-state index contributed by atoms with van der Waals surface area (Å²) in [6, 6.07) is 14.0. The van der Waals surface area contributed by atoms with Crippen molar-refractivity contribution in [2.75, 3.05) is 42.8 Å². The number of anilines is 1. The fraction of sp³-hybridized carbons (Fsp3) is 0.452. The van der Waals surface area contributed by atoms with Crippen LogP contribution >= 0.6 is 0 Å². The topological polar surface area (TPSA) is 138 Å². The Morgan fingerprint density at radius 3 is 2.62 bits per heavy atom. The molecule has 0 aliphatic carbocycles. The van der Waals surface area contributed by atoms with Crippen molar-refractivity contribution in [2.45, 2.75) is 51.6 Å². The second kappa shape index (κ2) is 14.9. The molecule has 0 unspecified atom stereocenters. The van der Waals surface area contributed by atoms with Gasteiger partial charge in [0.05, 0.1) is 24.7 Å². The van der Waals surface area contributed by atoms with Gasteiger partial charge in [-0.3, -0.25) is 19.5 Å². The van der Waals surface area contributed by atoms with E-state index in [4.69, 9.17) is 25.6 Å². The van der Waals surface area contributed by atoms with Gasteiger partial charge in [0.25, 0.3) is 0 Å². The molecule has 0 bridgehead atoms. The van der Waals surface area contributed by atoms with Gasteiger partial charge in [0.15, 0.2) is 5.75 Å². The molecule has 0 saturated carbocycles. The Kier molecular flexibility index (Phi) is 11.0. The first-order valence-corrected chi connectivity index (χ1v) is 16.2. The van der Waals surface area contributed by atoms with E-state index in [1.165, 1.54) is 29.4 Å². The third-order valence-corrected chi connectivity index (χ3v) is 8.94. The fourth-order valence-corrected chi connectivity index (χ4v) is 6.43. The number of esters is 1. The van der Waals surface area contributed by atoms with Gasteiger partial charge in [-0.05, 0) is 55.7 Å². The summed E-state index contributed by atoms with van der Waals surface area (Å²) in [4.78, 5) is 19.3. The molecule has 42 heavy (non-hydrogen) atoms. The number of likely N-dealkylation sites (tertiary alicyclic amines) is 1. The standard InChI is InChI=1S/C31H41N5O5S/c1-2-40-30(37)23-42(38,39)36(19-7-9-24-8-6-10-25(22-24)31(32)33)26-12-14-27(15-13-26)41-28-16-20-35(21-17-28)29-11-4-3-5-18-34-29/h6-10,12-15,22,28H,2-5,11,16-21,23H2,1H3,(H3,32,33)/b9-7+. The summed E-state index contributed by atoms with van der Waals surface area (Å²) in [5.74, 6) is 0.285. The first-order valence-electron chi connectivity index (χ1n) is 14.6. The molecule has 2 heterocycles. The van der Waals surface area contributed by atoms with Crippen LogP contribution in [-0.2, 0) is 19.6 Å². The van der Waals surface area contributed by atoms with Crippen LogP contribution in [0.25, 0.3) is 6.08 Å². The van der Waals surface area contributed by atoms with Crippen LogP contribution < -0.4 is 14.8 Å². The molecule has 2 aliphatic rings. The third kappa shape index (κ3) is 8.82. The zero-order valence-electron chi connectivity index (χ0n) is 24.2. The maximum atomic E-state index is 13.3. The predicted molar refractivity (Wildman–Crippen MR) is 167 cm³/mol. The summed E-state index contributed by atoms with van der Waals surface area (Å²) in [5, 5.41) is 7.63. The second-order valence-corrected chi connectivity index (χ2v) is 12.3. The van der Waals surface area contributed by atoms with Gasteiger partial charge < -0.3 is 20.1 Å². The molecule has 0 aromatic heterocycles. The lowest BCUT2D eigenvalue weighted by molar-refractivity contribution is -0.139. The number of nitrogens with two attached hydrogens (primary N) is 1. The lowest BCUT2D eigenvalue weighted by atomic mass is 10.1. The number of hydrogen-bond donors (Lipinski definition) is 2. The molecule has 1 saturated heterocycles. The Balaban J connectivity index is 1.43. The van der Waals surface area contributed by atoms with Crippen LogP contribution in [-0.4, -0.2) is 75.6 Å². The van der Waals surface area contributed by atoms with Crippen molar-refractivity contribution < 1.29 is 22.7 Å². The molecule has 0 amide bonds. The summed E-state index contributed by atoms with van der Waals surface area (Å²) < 4.78 is 38.9. The lowest BCUT2D eigenvalue weighted by Crippen LogP contribution is -2.41. The summed E-state index contributed by atoms with van der Waals surface area (Å²) in [6.07, 6.45) is 10.0. The number of amidine groups is 2. The number of hydrogen-bond acceptors (Lipinski definition) is 8. The van der Waals surface area contributed by atoms with Crippen molar-refractivity contribution in [3.63, 3.8) is 0 Å². The monoisotopic (exact) mass is 595 g/mol. The minimum atomic E-state index is -4.04. The number of piperidine rings is 1. The van der Waals surface area contributed by atoms with Gasteiger partial charge >= 0.3 is 5.97 Å². The molecule has 0 atom stereocenters. The predicted octanol–water partition coefficient (Wildman–Crippen LogP) is 4.20. The van der Waals surface area contributed by atoms with E-state index in [9.17, 15) is 13.2 Å². The normalized spacial score (nSPS) is 16.5. The maximum Gasteiger partial charge on any atom is 0.323 e. The number of rotatable bonds is 11. The molecule has 2 aromatic rings. The number of nitrogens with one attached hydrogen (secondary N) is 1. The van der Waals surface area contributed by atoms with Crippen LogP contribution in [0.2, 0.25) is 0 Å². The first kappa shape index (κ1) is 31.1. The highest BCUT2D eigenvalue weighted by atomic mass is 32.2. The van der Waals surface area contributed by atoms with Gasteiger partial charge in [-0.25, -0.2) is 8.42 Å². The Morgan fingerprint density at radius 2 is 1.90 bits per heavy atom. The quantitative estimate of drug-likeness (QED) is 0.226. The van der Waals surface area contributed by atoms with E-state index < -0.39 is 21.7 Å². The third-order valence-electron chi connectivity index (χ3n) is 7.31. The second-order valence-electron chi connectivity index (χ2n) is 10.4. The van der Waals surface area contributed by atoms with Crippen LogP contribution in [0.1, 0.15) is 56.6 Å². The van der Waals surface area contributed by atoms with E-state index in [-0.39, 0.29) is 25.1 Å². The minimum absolute atomic E-state index is 0.00537. The highest BCUT2D eigenvalue weighted by Gasteiger charge is 2.27. The van der Waals surface area contributed by atoms with E-state index in [0.29, 0.717) is 17.0 Å². The number of nitrogens with zero attached hydrogens (tertiary/aromatic N) is 3. The zero-order chi connectivity index (χ0) is 30.0. The van der Waals surface area contributed by atoms with Crippen molar-refractivity contribution in [2.24, 2.45) is 10.7 Å². The Labute approximate surface area is 248 Å². The molecule has 2 aliphatic heterocycles. The van der Waals surface area contributed by atoms with Gasteiger partial charge in [0.2, 0.25) is 10.0 Å². The van der Waals surface area contributed by atoms with Gasteiger partial charge in [-0.1, -0.05) is 36.8 Å². The summed E-state index contributed by atoms with van der Waals surface area (Å²) in [5.41, 5.74) is 7.34. The molecule has 226 valence electrons. The molecule has 1 fully saturated rings. The number of carbonyl (C=O) groups is 1. The van der Waals surface area contributed by atoms with Crippen molar-refractivity contribution in [3.05, 3.63) is 65.7 Å². The molecule has 4 rings (SSSR count). The first-order chi connectivity index (χ1) is 20.2. The minimum Gasteiger partial charge on any atom is -0.490 e. The van der Waals surface area contributed by atoms with E-state index in [2.05, 4.69) is 4.90 Å². The van der Waals surface area contributed by atoms with E-state index >= 15 is 0 Å². The number of carbonyl (C=O) groups excluding carboxylic acids is 1. The van der Waals surface area contributed by atoms with Crippen LogP contribution in [0.4, 0.5) is 5.69 Å². The molecule has 3 N–H and O–H groups in total.